The monoisotopic (exact) mass is 302 g/mol. The van der Waals surface area contributed by atoms with Crippen molar-refractivity contribution < 1.29 is 9.47 Å². The smallest absolute Gasteiger partial charge is 0.122 e. The number of benzene rings is 1. The average molecular weight is 302 g/mol. The van der Waals surface area contributed by atoms with Crippen LogP contribution in [0.3, 0.4) is 0 Å². The first-order chi connectivity index (χ1) is 10.9. The molecule has 0 bridgehead atoms. The first kappa shape index (κ1) is 18.3. The van der Waals surface area contributed by atoms with E-state index in [0.717, 1.165) is 50.4 Å². The summed E-state index contributed by atoms with van der Waals surface area (Å²) in [7, 11) is 0. The summed E-state index contributed by atoms with van der Waals surface area (Å²) in [5.41, 5.74) is 0. The minimum atomic E-state index is 0.766. The molecule has 122 valence electrons. The lowest BCUT2D eigenvalue weighted by Crippen LogP contribution is -1.99. The fourth-order valence-corrected chi connectivity index (χ4v) is 2.17. The van der Waals surface area contributed by atoms with Gasteiger partial charge in [-0.05, 0) is 63.5 Å². The zero-order chi connectivity index (χ0) is 15.9. The summed E-state index contributed by atoms with van der Waals surface area (Å²) in [5.74, 6) is 1.79. The van der Waals surface area contributed by atoms with Gasteiger partial charge in [0.25, 0.3) is 0 Å². The third-order valence-electron chi connectivity index (χ3n) is 3.45. The highest BCUT2D eigenvalue weighted by Crippen LogP contribution is 2.20. The van der Waals surface area contributed by atoms with Crippen LogP contribution in [0.25, 0.3) is 0 Å². The standard InChI is InChI=1S/C20H30O2/c1-3-5-7-9-11-16-21-19-14-13-15-20(18-19)22-17-12-10-8-6-4-2/h3-4,13-15,18H,1-2,5-12,16-17H2. The molecule has 0 saturated heterocycles. The van der Waals surface area contributed by atoms with Gasteiger partial charge in [0.05, 0.1) is 13.2 Å². The van der Waals surface area contributed by atoms with E-state index in [1.165, 1.54) is 25.7 Å². The molecule has 1 aromatic carbocycles. The number of unbranched alkanes of at least 4 members (excludes halogenated alkanes) is 6. The van der Waals surface area contributed by atoms with Crippen LogP contribution in [0.5, 0.6) is 11.5 Å². The van der Waals surface area contributed by atoms with E-state index in [0.29, 0.717) is 0 Å². The largest absolute Gasteiger partial charge is 0.493 e. The van der Waals surface area contributed by atoms with Crippen molar-refractivity contribution in [3.05, 3.63) is 49.6 Å². The molecule has 2 nitrogen and oxygen atoms in total. The summed E-state index contributed by atoms with van der Waals surface area (Å²) in [6, 6.07) is 7.94. The molecule has 0 atom stereocenters. The maximum atomic E-state index is 5.77. The van der Waals surface area contributed by atoms with Crippen molar-refractivity contribution in [2.75, 3.05) is 13.2 Å². The Kier molecular flexibility index (Phi) is 10.8. The minimum absolute atomic E-state index is 0.766. The topological polar surface area (TPSA) is 18.5 Å². The second-order valence-electron chi connectivity index (χ2n) is 5.45. The van der Waals surface area contributed by atoms with Crippen LogP contribution >= 0.6 is 0 Å². The van der Waals surface area contributed by atoms with Crippen LogP contribution in [-0.2, 0) is 0 Å². The van der Waals surface area contributed by atoms with Crippen molar-refractivity contribution >= 4 is 0 Å². The van der Waals surface area contributed by atoms with E-state index >= 15 is 0 Å². The van der Waals surface area contributed by atoms with Crippen LogP contribution in [0.4, 0.5) is 0 Å². The van der Waals surface area contributed by atoms with Crippen LogP contribution in [0.2, 0.25) is 0 Å². The number of allylic oxidation sites excluding steroid dienone is 2. The minimum Gasteiger partial charge on any atom is -0.493 e. The number of rotatable bonds is 14. The van der Waals surface area contributed by atoms with Crippen molar-refractivity contribution in [1.29, 1.82) is 0 Å². The maximum Gasteiger partial charge on any atom is 0.122 e. The molecule has 1 aromatic rings. The van der Waals surface area contributed by atoms with Gasteiger partial charge in [-0.25, -0.2) is 0 Å². The SMILES string of the molecule is C=CCCCCCOc1cccc(OCCCCCC=C)c1. The molecule has 0 N–H and O–H groups in total. The summed E-state index contributed by atoms with van der Waals surface area (Å²) in [6.07, 6.45) is 13.1. The molecule has 1 rings (SSSR count). The van der Waals surface area contributed by atoms with Gasteiger partial charge in [-0.2, -0.15) is 0 Å². The zero-order valence-corrected chi connectivity index (χ0v) is 13.8. The molecule has 0 aliphatic carbocycles. The van der Waals surface area contributed by atoms with Crippen LogP contribution in [0, 0.1) is 0 Å². The van der Waals surface area contributed by atoms with Gasteiger partial charge in [-0.3, -0.25) is 0 Å². The molecular formula is C20H30O2. The lowest BCUT2D eigenvalue weighted by atomic mass is 10.2. The second-order valence-corrected chi connectivity index (χ2v) is 5.45. The molecule has 0 aromatic heterocycles. The summed E-state index contributed by atoms with van der Waals surface area (Å²) < 4.78 is 11.5. The van der Waals surface area contributed by atoms with Crippen LogP contribution in [0.1, 0.15) is 51.4 Å². The summed E-state index contributed by atoms with van der Waals surface area (Å²) >= 11 is 0. The average Bonchev–Trinajstić information content (AvgIpc) is 2.54. The first-order valence-electron chi connectivity index (χ1n) is 8.44. The third kappa shape index (κ3) is 9.28. The Morgan fingerprint density at radius 2 is 1.23 bits per heavy atom. The molecule has 0 spiro atoms. The van der Waals surface area contributed by atoms with Gasteiger partial charge in [-0.15, -0.1) is 13.2 Å². The van der Waals surface area contributed by atoms with Gasteiger partial charge in [-0.1, -0.05) is 18.2 Å². The van der Waals surface area contributed by atoms with E-state index in [9.17, 15) is 0 Å². The van der Waals surface area contributed by atoms with Crippen molar-refractivity contribution in [2.45, 2.75) is 51.4 Å². The van der Waals surface area contributed by atoms with Gasteiger partial charge in [0.1, 0.15) is 11.5 Å². The molecule has 0 radical (unpaired) electrons. The van der Waals surface area contributed by atoms with E-state index in [1.807, 2.05) is 36.4 Å². The molecular weight excluding hydrogens is 272 g/mol. The van der Waals surface area contributed by atoms with Crippen molar-refractivity contribution in [3.63, 3.8) is 0 Å². The Labute approximate surface area is 135 Å². The molecule has 0 aliphatic rings. The van der Waals surface area contributed by atoms with Gasteiger partial charge in [0.15, 0.2) is 0 Å². The van der Waals surface area contributed by atoms with Crippen molar-refractivity contribution in [1.82, 2.24) is 0 Å². The highest BCUT2D eigenvalue weighted by Gasteiger charge is 1.98. The van der Waals surface area contributed by atoms with Crippen LogP contribution < -0.4 is 9.47 Å². The molecule has 0 aliphatic heterocycles. The van der Waals surface area contributed by atoms with E-state index in [1.54, 1.807) is 0 Å². The van der Waals surface area contributed by atoms with Crippen LogP contribution in [-0.4, -0.2) is 13.2 Å². The number of hydrogen-bond donors (Lipinski definition) is 0. The Bertz CT molecular complexity index is 377. The second kappa shape index (κ2) is 13.0. The van der Waals surface area contributed by atoms with Gasteiger partial charge in [0.2, 0.25) is 0 Å². The predicted octanol–water partition coefficient (Wildman–Crippen LogP) is 5.94. The van der Waals surface area contributed by atoms with Gasteiger partial charge >= 0.3 is 0 Å². The fourth-order valence-electron chi connectivity index (χ4n) is 2.17. The Hall–Kier alpha value is -1.70. The lowest BCUT2D eigenvalue weighted by molar-refractivity contribution is 0.290. The Balaban J connectivity index is 2.15. The number of ether oxygens (including phenoxy) is 2. The summed E-state index contributed by atoms with van der Waals surface area (Å²) in [5, 5.41) is 0. The molecule has 0 heterocycles. The number of hydrogen-bond acceptors (Lipinski definition) is 2. The Morgan fingerprint density at radius 1 is 0.727 bits per heavy atom. The Morgan fingerprint density at radius 3 is 1.68 bits per heavy atom. The summed E-state index contributed by atoms with van der Waals surface area (Å²) in [4.78, 5) is 0. The molecule has 0 saturated carbocycles. The fraction of sp³-hybridized carbons (Fsp3) is 0.500. The highest BCUT2D eigenvalue weighted by molar-refractivity contribution is 5.32. The quantitative estimate of drug-likeness (QED) is 0.313. The normalized spacial score (nSPS) is 10.2. The first-order valence-corrected chi connectivity index (χ1v) is 8.44. The summed E-state index contributed by atoms with van der Waals surface area (Å²) in [6.45, 7) is 8.99. The van der Waals surface area contributed by atoms with Crippen molar-refractivity contribution in [2.24, 2.45) is 0 Å². The van der Waals surface area contributed by atoms with E-state index in [2.05, 4.69) is 13.2 Å². The van der Waals surface area contributed by atoms with Crippen molar-refractivity contribution in [3.8, 4) is 11.5 Å². The predicted molar refractivity (Wildman–Crippen MR) is 94.8 cm³/mol. The maximum absolute atomic E-state index is 5.77. The molecule has 0 unspecified atom stereocenters. The van der Waals surface area contributed by atoms with Crippen LogP contribution in [0.15, 0.2) is 49.6 Å². The lowest BCUT2D eigenvalue weighted by Gasteiger charge is -2.09. The van der Waals surface area contributed by atoms with E-state index in [4.69, 9.17) is 9.47 Å². The molecule has 2 heteroatoms. The van der Waals surface area contributed by atoms with E-state index < -0.39 is 0 Å². The van der Waals surface area contributed by atoms with Gasteiger partial charge < -0.3 is 9.47 Å². The molecule has 22 heavy (non-hydrogen) atoms. The third-order valence-corrected chi connectivity index (χ3v) is 3.45. The molecule has 0 fully saturated rings. The highest BCUT2D eigenvalue weighted by atomic mass is 16.5. The zero-order valence-electron chi connectivity index (χ0n) is 13.8. The molecule has 0 amide bonds. The van der Waals surface area contributed by atoms with E-state index in [-0.39, 0.29) is 0 Å². The van der Waals surface area contributed by atoms with Gasteiger partial charge in [0, 0.05) is 6.07 Å².